The van der Waals surface area contributed by atoms with E-state index in [0.29, 0.717) is 5.69 Å². The molecule has 1 N–H and O–H groups in total. The van der Waals surface area contributed by atoms with Crippen molar-refractivity contribution in [2.24, 2.45) is 0 Å². The van der Waals surface area contributed by atoms with Crippen molar-refractivity contribution in [3.8, 4) is 0 Å². The van der Waals surface area contributed by atoms with Crippen LogP contribution in [0.15, 0.2) is 18.2 Å². The van der Waals surface area contributed by atoms with Gasteiger partial charge < -0.3 is 5.32 Å². The third-order valence-electron chi connectivity index (χ3n) is 5.05. The summed E-state index contributed by atoms with van der Waals surface area (Å²) in [5, 5.41) is 3.05. The van der Waals surface area contributed by atoms with Gasteiger partial charge in [-0.1, -0.05) is 57.7 Å². The van der Waals surface area contributed by atoms with Crippen LogP contribution in [0.5, 0.6) is 0 Å². The van der Waals surface area contributed by atoms with Crippen LogP contribution in [0, 0.1) is 6.92 Å². The van der Waals surface area contributed by atoms with Gasteiger partial charge in [-0.25, -0.2) is 8.42 Å². The summed E-state index contributed by atoms with van der Waals surface area (Å²) in [5.41, 5.74) is 2.45. The molecule has 0 spiro atoms. The minimum atomic E-state index is -3.57. The number of nitrogens with one attached hydrogen (secondary N) is 1. The fraction of sp³-hybridized carbons (Fsp3) is 0.650. The molecule has 1 fully saturated rings. The fourth-order valence-electron chi connectivity index (χ4n) is 3.68. The number of rotatable bonds is 6. The highest BCUT2D eigenvalue weighted by atomic mass is 32.2. The number of hydrogen-bond donors (Lipinski definition) is 1. The van der Waals surface area contributed by atoms with E-state index in [0.717, 1.165) is 36.8 Å². The molecule has 146 valence electrons. The van der Waals surface area contributed by atoms with Crippen molar-refractivity contribution in [3.63, 3.8) is 0 Å². The number of benzene rings is 1. The molecule has 0 atom stereocenters. The summed E-state index contributed by atoms with van der Waals surface area (Å²) >= 11 is 0. The Morgan fingerprint density at radius 1 is 1.19 bits per heavy atom. The van der Waals surface area contributed by atoms with Gasteiger partial charge in [0.25, 0.3) is 0 Å². The molecule has 0 aromatic heterocycles. The molecule has 26 heavy (non-hydrogen) atoms. The lowest BCUT2D eigenvalue weighted by atomic mass is 9.98. The van der Waals surface area contributed by atoms with Gasteiger partial charge in [0.2, 0.25) is 15.9 Å². The van der Waals surface area contributed by atoms with Crippen LogP contribution in [-0.4, -0.2) is 33.2 Å². The van der Waals surface area contributed by atoms with Gasteiger partial charge in [-0.15, -0.1) is 0 Å². The van der Waals surface area contributed by atoms with E-state index in [1.165, 1.54) is 23.4 Å². The van der Waals surface area contributed by atoms with Crippen molar-refractivity contribution in [2.75, 3.05) is 17.1 Å². The molecular formula is C20H32N2O3S. The highest BCUT2D eigenvalue weighted by Crippen LogP contribution is 2.32. The molecule has 0 aliphatic heterocycles. The van der Waals surface area contributed by atoms with Crippen molar-refractivity contribution in [1.29, 1.82) is 0 Å². The first-order valence-electron chi connectivity index (χ1n) is 9.56. The molecule has 2 rings (SSSR count). The number of sulfonamides is 1. The minimum absolute atomic E-state index is 0.160. The van der Waals surface area contributed by atoms with Gasteiger partial charge in [-0.3, -0.25) is 9.10 Å². The summed E-state index contributed by atoms with van der Waals surface area (Å²) in [5.74, 6) is -0.0562. The van der Waals surface area contributed by atoms with Gasteiger partial charge >= 0.3 is 0 Å². The second-order valence-corrected chi connectivity index (χ2v) is 9.60. The quantitative estimate of drug-likeness (QED) is 0.765. The molecule has 0 radical (unpaired) electrons. The summed E-state index contributed by atoms with van der Waals surface area (Å²) in [6.07, 6.45) is 7.79. The average Bonchev–Trinajstić information content (AvgIpc) is 2.80. The largest absolute Gasteiger partial charge is 0.352 e. The van der Waals surface area contributed by atoms with Gasteiger partial charge in [0.05, 0.1) is 11.9 Å². The zero-order chi connectivity index (χ0) is 19.3. The first-order chi connectivity index (χ1) is 12.2. The zero-order valence-corrected chi connectivity index (χ0v) is 17.2. The number of amides is 1. The van der Waals surface area contributed by atoms with Crippen molar-refractivity contribution < 1.29 is 13.2 Å². The highest BCUT2D eigenvalue weighted by Gasteiger charge is 2.26. The topological polar surface area (TPSA) is 66.5 Å². The van der Waals surface area contributed by atoms with Crippen LogP contribution in [0.1, 0.15) is 69.4 Å². The zero-order valence-electron chi connectivity index (χ0n) is 16.4. The van der Waals surface area contributed by atoms with Crippen LogP contribution >= 0.6 is 0 Å². The molecule has 1 aromatic rings. The third kappa shape index (κ3) is 5.47. The van der Waals surface area contributed by atoms with Crippen molar-refractivity contribution in [3.05, 3.63) is 29.3 Å². The second kappa shape index (κ2) is 8.89. The first-order valence-corrected chi connectivity index (χ1v) is 11.4. The van der Waals surface area contributed by atoms with Crippen LogP contribution in [-0.2, 0) is 14.8 Å². The van der Waals surface area contributed by atoms with Crippen LogP contribution in [0.2, 0.25) is 0 Å². The van der Waals surface area contributed by atoms with Gasteiger partial charge in [0.1, 0.15) is 6.54 Å². The molecule has 0 heterocycles. The van der Waals surface area contributed by atoms with Crippen LogP contribution in [0.3, 0.4) is 0 Å². The SMILES string of the molecule is Cc1cccc(C(C)C)c1N(CC(=O)NC1CCCCCC1)S(C)(=O)=O. The second-order valence-electron chi connectivity index (χ2n) is 7.69. The molecule has 1 aliphatic carbocycles. The number of para-hydroxylation sites is 1. The summed E-state index contributed by atoms with van der Waals surface area (Å²) in [6.45, 7) is 5.79. The van der Waals surface area contributed by atoms with Gasteiger partial charge in [-0.05, 0) is 36.8 Å². The van der Waals surface area contributed by atoms with Gasteiger partial charge in [0, 0.05) is 6.04 Å². The fourth-order valence-corrected chi connectivity index (χ4v) is 4.61. The predicted molar refractivity (Wildman–Crippen MR) is 107 cm³/mol. The molecule has 1 aliphatic rings. The first kappa shape index (κ1) is 20.7. The Balaban J connectivity index is 2.25. The highest BCUT2D eigenvalue weighted by molar-refractivity contribution is 7.92. The maximum Gasteiger partial charge on any atom is 0.240 e. The van der Waals surface area contributed by atoms with Crippen molar-refractivity contribution in [1.82, 2.24) is 5.32 Å². The smallest absolute Gasteiger partial charge is 0.240 e. The molecule has 1 amide bonds. The van der Waals surface area contributed by atoms with E-state index < -0.39 is 10.0 Å². The lowest BCUT2D eigenvalue weighted by Gasteiger charge is -2.28. The van der Waals surface area contributed by atoms with Crippen molar-refractivity contribution >= 4 is 21.6 Å². The molecule has 1 saturated carbocycles. The average molecular weight is 381 g/mol. The summed E-state index contributed by atoms with van der Waals surface area (Å²) in [7, 11) is -3.57. The predicted octanol–water partition coefficient (Wildman–Crippen LogP) is 3.72. The number of hydrogen-bond acceptors (Lipinski definition) is 3. The molecule has 5 nitrogen and oxygen atoms in total. The summed E-state index contributed by atoms with van der Waals surface area (Å²) in [4.78, 5) is 12.6. The van der Waals surface area contributed by atoms with Crippen LogP contribution < -0.4 is 9.62 Å². The number of anilines is 1. The Kier molecular flexibility index (Phi) is 7.09. The molecule has 6 heteroatoms. The third-order valence-corrected chi connectivity index (χ3v) is 6.16. The molecule has 0 bridgehead atoms. The van der Waals surface area contributed by atoms with E-state index in [-0.39, 0.29) is 24.4 Å². The van der Waals surface area contributed by atoms with E-state index in [2.05, 4.69) is 5.32 Å². The monoisotopic (exact) mass is 380 g/mol. The van der Waals surface area contributed by atoms with E-state index in [9.17, 15) is 13.2 Å². The standard InChI is InChI=1S/C20H32N2O3S/c1-15(2)18-13-9-10-16(3)20(18)22(26(4,24)25)14-19(23)21-17-11-7-5-6-8-12-17/h9-10,13,15,17H,5-8,11-12,14H2,1-4H3,(H,21,23). The Hall–Kier alpha value is -1.56. The minimum Gasteiger partial charge on any atom is -0.352 e. The number of carbonyl (C=O) groups is 1. The normalized spacial score (nSPS) is 16.3. The lowest BCUT2D eigenvalue weighted by molar-refractivity contribution is -0.120. The summed E-state index contributed by atoms with van der Waals surface area (Å²) < 4.78 is 26.2. The maximum atomic E-state index is 12.6. The maximum absolute atomic E-state index is 12.6. The summed E-state index contributed by atoms with van der Waals surface area (Å²) in [6, 6.07) is 5.92. The van der Waals surface area contributed by atoms with Crippen LogP contribution in [0.25, 0.3) is 0 Å². The number of nitrogens with zero attached hydrogens (tertiary/aromatic N) is 1. The Morgan fingerprint density at radius 2 is 1.81 bits per heavy atom. The van der Waals surface area contributed by atoms with Crippen molar-refractivity contribution in [2.45, 2.75) is 71.3 Å². The van der Waals surface area contributed by atoms with E-state index in [1.807, 2.05) is 39.0 Å². The van der Waals surface area contributed by atoms with E-state index in [4.69, 9.17) is 0 Å². The van der Waals surface area contributed by atoms with Gasteiger partial charge in [-0.2, -0.15) is 0 Å². The number of aryl methyl sites for hydroxylation is 1. The molecule has 0 saturated heterocycles. The lowest BCUT2D eigenvalue weighted by Crippen LogP contribution is -2.44. The van der Waals surface area contributed by atoms with Gasteiger partial charge in [0.15, 0.2) is 0 Å². The number of carbonyl (C=O) groups excluding carboxylic acids is 1. The van der Waals surface area contributed by atoms with E-state index >= 15 is 0 Å². The molecule has 1 aromatic carbocycles. The molecular weight excluding hydrogens is 348 g/mol. The van der Waals surface area contributed by atoms with E-state index in [1.54, 1.807) is 0 Å². The molecule has 0 unspecified atom stereocenters. The Labute approximate surface area is 158 Å². The Bertz CT molecular complexity index is 721. The van der Waals surface area contributed by atoms with Crippen LogP contribution in [0.4, 0.5) is 5.69 Å². The Morgan fingerprint density at radius 3 is 2.35 bits per heavy atom.